The Balaban J connectivity index is 2.34. The molecule has 3 aliphatic carbocycles. The smallest absolute Gasteiger partial charge is 0.140 e. The average Bonchev–Trinajstić information content (AvgIpc) is 1.90. The Morgan fingerprint density at radius 3 is 2.64 bits per heavy atom. The molecule has 1 saturated carbocycles. The zero-order valence-electron chi connectivity index (χ0n) is 6.58. The summed E-state index contributed by atoms with van der Waals surface area (Å²) < 4.78 is 0. The Hall–Kier alpha value is -0.630. The molecule has 0 aromatic heterocycles. The first-order chi connectivity index (χ1) is 5.09. The molecule has 0 unspecified atom stereocenters. The highest BCUT2D eigenvalue weighted by atomic mass is 16.3. The zero-order valence-corrected chi connectivity index (χ0v) is 6.58. The number of carbonyl (C=O) groups excluding carboxylic acids is 1. The minimum absolute atomic E-state index is 0.00463. The molecular weight excluding hydrogens is 140 g/mol. The van der Waals surface area contributed by atoms with E-state index in [0.717, 1.165) is 0 Å². The maximum atomic E-state index is 11.2. The lowest BCUT2D eigenvalue weighted by Gasteiger charge is -2.41. The number of ketones is 1. The summed E-state index contributed by atoms with van der Waals surface area (Å²) in [5.41, 5.74) is -0.632. The van der Waals surface area contributed by atoms with E-state index in [1.807, 2.05) is 19.1 Å². The fourth-order valence-corrected chi connectivity index (χ4v) is 2.02. The van der Waals surface area contributed by atoms with Crippen molar-refractivity contribution in [2.45, 2.75) is 25.4 Å². The quantitative estimate of drug-likeness (QED) is 0.524. The third-order valence-electron chi connectivity index (χ3n) is 2.84. The van der Waals surface area contributed by atoms with Crippen LogP contribution in [-0.2, 0) is 4.79 Å². The normalized spacial score (nSPS) is 48.4. The summed E-state index contributed by atoms with van der Waals surface area (Å²) in [6.07, 6.45) is 5.07. The summed E-state index contributed by atoms with van der Waals surface area (Å²) in [7, 11) is 0. The number of allylic oxidation sites excluding steroid dienone is 1. The summed E-state index contributed by atoms with van der Waals surface area (Å²) in [6.45, 7) is 1.82. The molecule has 0 heterocycles. The Labute approximate surface area is 65.9 Å². The molecule has 0 saturated heterocycles. The number of hydrogen-bond acceptors (Lipinski definition) is 2. The monoisotopic (exact) mass is 152 g/mol. The first kappa shape index (κ1) is 7.04. The van der Waals surface area contributed by atoms with Gasteiger partial charge in [0.2, 0.25) is 0 Å². The van der Waals surface area contributed by atoms with Crippen molar-refractivity contribution in [2.24, 2.45) is 11.8 Å². The molecule has 0 radical (unpaired) electrons. The van der Waals surface area contributed by atoms with Gasteiger partial charge in [0.15, 0.2) is 0 Å². The molecule has 1 N–H and O–H groups in total. The van der Waals surface area contributed by atoms with Crippen LogP contribution in [0, 0.1) is 11.8 Å². The SMILES string of the molecule is C[C@@]1(O)C[C@H]2C=C[C@H]1CC2=O. The largest absolute Gasteiger partial charge is 0.390 e. The molecule has 0 amide bonds. The van der Waals surface area contributed by atoms with Gasteiger partial charge in [0.05, 0.1) is 5.60 Å². The summed E-state index contributed by atoms with van der Waals surface area (Å²) in [4.78, 5) is 11.2. The Bertz CT molecular complexity index is 228. The topological polar surface area (TPSA) is 37.3 Å². The second-order valence-electron chi connectivity index (χ2n) is 3.83. The molecule has 0 aliphatic heterocycles. The van der Waals surface area contributed by atoms with Crippen LogP contribution in [0.4, 0.5) is 0 Å². The number of carbonyl (C=O) groups is 1. The van der Waals surface area contributed by atoms with Gasteiger partial charge in [-0.1, -0.05) is 12.2 Å². The van der Waals surface area contributed by atoms with Crippen LogP contribution in [0.2, 0.25) is 0 Å². The predicted molar refractivity (Wildman–Crippen MR) is 41.0 cm³/mol. The molecule has 60 valence electrons. The Morgan fingerprint density at radius 2 is 2.36 bits per heavy atom. The number of aliphatic hydroxyl groups is 1. The second kappa shape index (κ2) is 1.95. The second-order valence-corrected chi connectivity index (χ2v) is 3.83. The van der Waals surface area contributed by atoms with Crippen LogP contribution in [-0.4, -0.2) is 16.5 Å². The number of hydrogen-bond donors (Lipinski definition) is 1. The zero-order chi connectivity index (χ0) is 8.06. The van der Waals surface area contributed by atoms with Gasteiger partial charge in [-0.2, -0.15) is 0 Å². The molecule has 3 aliphatic rings. The molecule has 0 spiro atoms. The first-order valence-corrected chi connectivity index (χ1v) is 4.03. The van der Waals surface area contributed by atoms with Crippen molar-refractivity contribution >= 4 is 5.78 Å². The molecule has 2 nitrogen and oxygen atoms in total. The molecule has 3 rings (SSSR count). The van der Waals surface area contributed by atoms with E-state index < -0.39 is 5.60 Å². The highest BCUT2D eigenvalue weighted by Crippen LogP contribution is 2.40. The highest BCUT2D eigenvalue weighted by molar-refractivity contribution is 5.85. The predicted octanol–water partition coefficient (Wildman–Crippen LogP) is 0.902. The lowest BCUT2D eigenvalue weighted by molar-refractivity contribution is -0.133. The fourth-order valence-electron chi connectivity index (χ4n) is 2.02. The molecule has 2 heteroatoms. The molecule has 2 bridgehead atoms. The lowest BCUT2D eigenvalue weighted by Crippen LogP contribution is -2.46. The van der Waals surface area contributed by atoms with Crippen molar-refractivity contribution < 1.29 is 9.90 Å². The van der Waals surface area contributed by atoms with Crippen molar-refractivity contribution in [1.82, 2.24) is 0 Å². The Morgan fingerprint density at radius 1 is 1.64 bits per heavy atom. The van der Waals surface area contributed by atoms with E-state index in [1.165, 1.54) is 0 Å². The van der Waals surface area contributed by atoms with E-state index in [9.17, 15) is 9.90 Å². The summed E-state index contributed by atoms with van der Waals surface area (Å²) >= 11 is 0. The number of Topliss-reactive ketones (excluding diaryl/α,β-unsaturated/α-hetero) is 1. The van der Waals surface area contributed by atoms with Crippen LogP contribution < -0.4 is 0 Å². The summed E-state index contributed by atoms with van der Waals surface area (Å²) in [6, 6.07) is 0. The van der Waals surface area contributed by atoms with E-state index >= 15 is 0 Å². The van der Waals surface area contributed by atoms with E-state index in [2.05, 4.69) is 0 Å². The van der Waals surface area contributed by atoms with Crippen molar-refractivity contribution in [3.05, 3.63) is 12.2 Å². The summed E-state index contributed by atoms with van der Waals surface area (Å²) in [5, 5.41) is 9.78. The van der Waals surface area contributed by atoms with Gasteiger partial charge in [-0.15, -0.1) is 0 Å². The average molecular weight is 152 g/mol. The third kappa shape index (κ3) is 0.932. The van der Waals surface area contributed by atoms with Crippen molar-refractivity contribution in [2.75, 3.05) is 0 Å². The standard InChI is InChI=1S/C9H12O2/c1-9(11)5-6-2-3-7(9)4-8(6)10/h2-3,6-7,11H,4-5H2,1H3/t6-,7+,9-/m1/s1. The van der Waals surface area contributed by atoms with Gasteiger partial charge >= 0.3 is 0 Å². The maximum absolute atomic E-state index is 11.2. The van der Waals surface area contributed by atoms with Gasteiger partial charge in [0.25, 0.3) is 0 Å². The number of fused-ring (bicyclic) bond motifs is 2. The molecular formula is C9H12O2. The molecule has 0 aromatic rings. The first-order valence-electron chi connectivity index (χ1n) is 4.03. The van der Waals surface area contributed by atoms with E-state index in [-0.39, 0.29) is 11.8 Å². The molecule has 1 fully saturated rings. The molecule has 11 heavy (non-hydrogen) atoms. The van der Waals surface area contributed by atoms with Gasteiger partial charge in [-0.25, -0.2) is 0 Å². The van der Waals surface area contributed by atoms with Crippen LogP contribution in [0.15, 0.2) is 12.2 Å². The van der Waals surface area contributed by atoms with Crippen LogP contribution in [0.3, 0.4) is 0 Å². The van der Waals surface area contributed by atoms with Crippen LogP contribution in [0.1, 0.15) is 19.8 Å². The fraction of sp³-hybridized carbons (Fsp3) is 0.667. The van der Waals surface area contributed by atoms with Gasteiger partial charge in [-0.05, 0) is 13.3 Å². The molecule has 0 aromatic carbocycles. The van der Waals surface area contributed by atoms with Crippen LogP contribution >= 0.6 is 0 Å². The van der Waals surface area contributed by atoms with Crippen LogP contribution in [0.25, 0.3) is 0 Å². The molecule has 3 atom stereocenters. The van der Waals surface area contributed by atoms with Gasteiger partial charge < -0.3 is 5.11 Å². The lowest BCUT2D eigenvalue weighted by atomic mass is 9.66. The van der Waals surface area contributed by atoms with E-state index in [0.29, 0.717) is 18.6 Å². The minimum Gasteiger partial charge on any atom is -0.390 e. The van der Waals surface area contributed by atoms with E-state index in [4.69, 9.17) is 0 Å². The van der Waals surface area contributed by atoms with Gasteiger partial charge in [0.1, 0.15) is 5.78 Å². The van der Waals surface area contributed by atoms with E-state index in [1.54, 1.807) is 0 Å². The van der Waals surface area contributed by atoms with Crippen LogP contribution in [0.5, 0.6) is 0 Å². The summed E-state index contributed by atoms with van der Waals surface area (Å²) in [5.74, 6) is 0.360. The highest BCUT2D eigenvalue weighted by Gasteiger charge is 2.43. The van der Waals surface area contributed by atoms with Crippen molar-refractivity contribution in [3.8, 4) is 0 Å². The Kier molecular flexibility index (Phi) is 1.25. The minimum atomic E-state index is -0.632. The van der Waals surface area contributed by atoms with Crippen molar-refractivity contribution in [1.29, 1.82) is 0 Å². The third-order valence-corrected chi connectivity index (χ3v) is 2.84. The maximum Gasteiger partial charge on any atom is 0.140 e. The van der Waals surface area contributed by atoms with Gasteiger partial charge in [0, 0.05) is 18.3 Å². The van der Waals surface area contributed by atoms with Crippen molar-refractivity contribution in [3.63, 3.8) is 0 Å². The van der Waals surface area contributed by atoms with Gasteiger partial charge in [-0.3, -0.25) is 4.79 Å². The number of rotatable bonds is 0.